The molecule has 2 heterocycles. The van der Waals surface area contributed by atoms with Gasteiger partial charge in [-0.05, 0) is 47.0 Å². The van der Waals surface area contributed by atoms with Crippen molar-refractivity contribution in [2.24, 2.45) is 5.41 Å². The van der Waals surface area contributed by atoms with Crippen molar-refractivity contribution >= 4 is 5.78 Å². The molecule has 3 rings (SSSR count). The second-order valence-corrected chi connectivity index (χ2v) is 10.4. The maximum absolute atomic E-state index is 12.4. The van der Waals surface area contributed by atoms with Crippen molar-refractivity contribution in [3.63, 3.8) is 0 Å². The van der Waals surface area contributed by atoms with Crippen LogP contribution in [-0.4, -0.2) is 111 Å². The van der Waals surface area contributed by atoms with E-state index in [0.717, 1.165) is 12.0 Å². The van der Waals surface area contributed by atoms with Gasteiger partial charge in [0.2, 0.25) is 0 Å². The van der Waals surface area contributed by atoms with Gasteiger partial charge in [0.1, 0.15) is 48.5 Å². The summed E-state index contributed by atoms with van der Waals surface area (Å²) in [6, 6.07) is 0. The van der Waals surface area contributed by atoms with E-state index in [1.807, 2.05) is 20.8 Å². The Kier molecular flexibility index (Phi) is 9.47. The van der Waals surface area contributed by atoms with E-state index in [-0.39, 0.29) is 19.0 Å². The van der Waals surface area contributed by atoms with E-state index >= 15 is 0 Å². The first-order valence-corrected chi connectivity index (χ1v) is 12.2. The molecule has 0 aromatic rings. The van der Waals surface area contributed by atoms with Gasteiger partial charge in [0.05, 0.1) is 19.3 Å². The summed E-state index contributed by atoms with van der Waals surface area (Å²) in [5, 5.41) is 60.4. The van der Waals surface area contributed by atoms with Gasteiger partial charge in [-0.15, -0.1) is 0 Å². The average Bonchev–Trinajstić information content (AvgIpc) is 2.80. The van der Waals surface area contributed by atoms with E-state index in [2.05, 4.69) is 0 Å². The highest BCUT2D eigenvalue weighted by Gasteiger charge is 2.46. The van der Waals surface area contributed by atoms with Crippen LogP contribution in [-0.2, 0) is 23.7 Å². The Hall–Kier alpha value is -0.990. The molecule has 0 aromatic carbocycles. The van der Waals surface area contributed by atoms with Crippen LogP contribution >= 0.6 is 0 Å². The molecule has 1 aliphatic carbocycles. The van der Waals surface area contributed by atoms with Gasteiger partial charge >= 0.3 is 0 Å². The Morgan fingerprint density at radius 1 is 0.971 bits per heavy atom. The predicted octanol–water partition coefficient (Wildman–Crippen LogP) is -0.859. The molecule has 0 amide bonds. The van der Waals surface area contributed by atoms with E-state index in [1.54, 1.807) is 6.92 Å². The number of rotatable bonds is 8. The lowest BCUT2D eigenvalue weighted by Gasteiger charge is -2.42. The quantitative estimate of drug-likeness (QED) is 0.227. The van der Waals surface area contributed by atoms with Gasteiger partial charge in [0, 0.05) is 11.8 Å². The molecule has 3 aliphatic rings. The van der Waals surface area contributed by atoms with Crippen LogP contribution in [0.4, 0.5) is 0 Å². The Morgan fingerprint density at radius 2 is 1.63 bits per heavy atom. The largest absolute Gasteiger partial charge is 0.388 e. The van der Waals surface area contributed by atoms with Crippen LogP contribution in [0.5, 0.6) is 0 Å². The summed E-state index contributed by atoms with van der Waals surface area (Å²) in [5.74, 6) is 0.215. The van der Waals surface area contributed by atoms with Crippen LogP contribution in [0, 0.1) is 5.41 Å². The molecule has 0 saturated carbocycles. The molecule has 0 aromatic heterocycles. The minimum absolute atomic E-state index is 0.215. The minimum Gasteiger partial charge on any atom is -0.388 e. The van der Waals surface area contributed by atoms with Gasteiger partial charge in [0.25, 0.3) is 0 Å². The predicted molar refractivity (Wildman–Crippen MR) is 121 cm³/mol. The summed E-state index contributed by atoms with van der Waals surface area (Å²) in [4.78, 5) is 12.4. The van der Waals surface area contributed by atoms with Crippen LogP contribution < -0.4 is 0 Å². The molecular weight excluding hydrogens is 464 g/mol. The minimum atomic E-state index is -1.57. The molecule has 35 heavy (non-hydrogen) atoms. The first-order valence-electron chi connectivity index (χ1n) is 12.2. The second kappa shape index (κ2) is 11.6. The Labute approximate surface area is 205 Å². The zero-order valence-electron chi connectivity index (χ0n) is 20.7. The average molecular weight is 505 g/mol. The molecule has 0 radical (unpaired) electrons. The van der Waals surface area contributed by atoms with Crippen LogP contribution in [0.1, 0.15) is 53.4 Å². The highest BCUT2D eigenvalue weighted by molar-refractivity contribution is 5.88. The SMILES string of the molecule is CC1=C(CC[C@@H](C)O[C@@H]2O[C@H](CO[C@H]3OC[C@@H](O)[C@@H](O)[C@H]3O)[C@H](O)[C@H](O)[C@H]2O)C(C)(C)C(=O)CC1. The molecule has 2 saturated heterocycles. The summed E-state index contributed by atoms with van der Waals surface area (Å²) in [6.45, 7) is 7.11. The highest BCUT2D eigenvalue weighted by atomic mass is 16.7. The molecule has 10 atom stereocenters. The van der Waals surface area contributed by atoms with Crippen LogP contribution in [0.2, 0.25) is 0 Å². The number of carbonyl (C=O) groups is 1. The summed E-state index contributed by atoms with van der Waals surface area (Å²) >= 11 is 0. The molecule has 6 N–H and O–H groups in total. The van der Waals surface area contributed by atoms with Crippen LogP contribution in [0.15, 0.2) is 11.1 Å². The van der Waals surface area contributed by atoms with Crippen molar-refractivity contribution in [1.29, 1.82) is 0 Å². The third-order valence-corrected chi connectivity index (χ3v) is 7.41. The van der Waals surface area contributed by atoms with Crippen molar-refractivity contribution in [2.45, 2.75) is 115 Å². The molecule has 2 aliphatic heterocycles. The van der Waals surface area contributed by atoms with Gasteiger partial charge < -0.3 is 49.6 Å². The van der Waals surface area contributed by atoms with E-state index in [1.165, 1.54) is 5.57 Å². The number of hydrogen-bond donors (Lipinski definition) is 6. The van der Waals surface area contributed by atoms with Gasteiger partial charge in [0.15, 0.2) is 12.6 Å². The normalized spacial score (nSPS) is 41.2. The number of hydrogen-bond acceptors (Lipinski definition) is 11. The lowest BCUT2D eigenvalue weighted by Crippen LogP contribution is -2.60. The molecule has 202 valence electrons. The maximum Gasteiger partial charge on any atom is 0.186 e. The van der Waals surface area contributed by atoms with E-state index in [9.17, 15) is 35.4 Å². The number of ether oxygens (including phenoxy) is 4. The Balaban J connectivity index is 1.56. The number of Topliss-reactive ketones (excluding diaryl/α,β-unsaturated/α-hetero) is 1. The van der Waals surface area contributed by atoms with E-state index < -0.39 is 66.8 Å². The first-order chi connectivity index (χ1) is 16.3. The fourth-order valence-electron chi connectivity index (χ4n) is 4.92. The molecule has 0 spiro atoms. The highest BCUT2D eigenvalue weighted by Crippen LogP contribution is 2.40. The molecular formula is C24H40O11. The monoisotopic (exact) mass is 504 g/mol. The van der Waals surface area contributed by atoms with Crippen molar-refractivity contribution in [3.8, 4) is 0 Å². The van der Waals surface area contributed by atoms with Crippen molar-refractivity contribution in [3.05, 3.63) is 11.1 Å². The van der Waals surface area contributed by atoms with Crippen molar-refractivity contribution < 1.29 is 54.4 Å². The zero-order valence-corrected chi connectivity index (χ0v) is 20.7. The van der Waals surface area contributed by atoms with Crippen LogP contribution in [0.3, 0.4) is 0 Å². The zero-order chi connectivity index (χ0) is 26.1. The Bertz CT molecular complexity index is 769. The second-order valence-electron chi connectivity index (χ2n) is 10.4. The summed E-state index contributed by atoms with van der Waals surface area (Å²) < 4.78 is 22.1. The lowest BCUT2D eigenvalue weighted by atomic mass is 9.70. The number of aliphatic hydroxyl groups is 6. The first kappa shape index (κ1) is 28.6. The lowest BCUT2D eigenvalue weighted by molar-refractivity contribution is -0.326. The van der Waals surface area contributed by atoms with E-state index in [0.29, 0.717) is 19.3 Å². The number of allylic oxidation sites excluding steroid dienone is 2. The third-order valence-electron chi connectivity index (χ3n) is 7.41. The number of carbonyl (C=O) groups excluding carboxylic acids is 1. The maximum atomic E-state index is 12.4. The molecule has 11 heteroatoms. The molecule has 0 bridgehead atoms. The number of ketones is 1. The molecule has 11 nitrogen and oxygen atoms in total. The van der Waals surface area contributed by atoms with Gasteiger partial charge in [-0.3, -0.25) is 4.79 Å². The van der Waals surface area contributed by atoms with E-state index in [4.69, 9.17) is 18.9 Å². The fraction of sp³-hybridized carbons (Fsp3) is 0.875. The van der Waals surface area contributed by atoms with Gasteiger partial charge in [-0.25, -0.2) is 0 Å². The summed E-state index contributed by atoms with van der Waals surface area (Å²) in [7, 11) is 0. The topological polar surface area (TPSA) is 175 Å². The van der Waals surface area contributed by atoms with Crippen LogP contribution in [0.25, 0.3) is 0 Å². The summed E-state index contributed by atoms with van der Waals surface area (Å²) in [5.41, 5.74) is 1.77. The molecule has 2 fully saturated rings. The third kappa shape index (κ3) is 6.30. The fourth-order valence-corrected chi connectivity index (χ4v) is 4.92. The van der Waals surface area contributed by atoms with Gasteiger partial charge in [-0.1, -0.05) is 11.1 Å². The Morgan fingerprint density at radius 3 is 2.31 bits per heavy atom. The van der Waals surface area contributed by atoms with Gasteiger partial charge in [-0.2, -0.15) is 0 Å². The summed E-state index contributed by atoms with van der Waals surface area (Å²) in [6.07, 6.45) is -10.4. The smallest absolute Gasteiger partial charge is 0.186 e. The molecule has 0 unspecified atom stereocenters. The van der Waals surface area contributed by atoms with Crippen molar-refractivity contribution in [2.75, 3.05) is 13.2 Å². The standard InChI is InChI=1S/C24H40O11/c1-11-5-8-16(26)24(3,4)13(11)7-6-12(2)34-23-21(31)19(29)18(28)15(35-23)10-33-22-20(30)17(27)14(25)9-32-22/h12,14-15,17-23,25,27-31H,5-10H2,1-4H3/t12-,14-,15-,17-,18+,19+,20-,21-,22-,23-/m1/s1. The number of aliphatic hydroxyl groups excluding tert-OH is 6. The van der Waals surface area contributed by atoms with Crippen molar-refractivity contribution in [1.82, 2.24) is 0 Å².